The first-order chi connectivity index (χ1) is 23.3. The molecule has 0 radical (unpaired) electrons. The molecular formula is C29H62O10P4S8. The molecule has 0 fully saturated rings. The molecule has 0 spiro atoms. The monoisotopic (exact) mass is 950 g/mol. The lowest BCUT2D eigenvalue weighted by Crippen LogP contribution is -2.17. The van der Waals surface area contributed by atoms with Crippen LogP contribution in [0.5, 0.6) is 0 Å². The second kappa shape index (κ2) is 27.0. The molecule has 0 bridgehead atoms. The Morgan fingerprint density at radius 3 is 0.980 bits per heavy atom. The summed E-state index contributed by atoms with van der Waals surface area (Å²) < 4.78 is 55.1. The molecule has 0 aliphatic heterocycles. The van der Waals surface area contributed by atoms with Gasteiger partial charge in [-0.05, 0) is 144 Å². The summed E-state index contributed by atoms with van der Waals surface area (Å²) in [6.45, 7) is 27.3. The summed E-state index contributed by atoms with van der Waals surface area (Å²) in [5.74, 6) is 1.59. The van der Waals surface area contributed by atoms with Gasteiger partial charge in [0.15, 0.2) is 0 Å². The lowest BCUT2D eigenvalue weighted by Gasteiger charge is -2.32. The van der Waals surface area contributed by atoms with E-state index in [1.165, 1.54) is 45.5 Å². The van der Waals surface area contributed by atoms with E-state index >= 15 is 0 Å². The Hall–Kier alpha value is 3.15. The van der Waals surface area contributed by atoms with Crippen LogP contribution in [0.25, 0.3) is 0 Å². The average Bonchev–Trinajstić information content (AvgIpc) is 2.92. The Bertz CT molecular complexity index is 1120. The second-order valence-electron chi connectivity index (χ2n) is 12.6. The van der Waals surface area contributed by atoms with Crippen molar-refractivity contribution in [1.82, 2.24) is 0 Å². The van der Waals surface area contributed by atoms with Crippen molar-refractivity contribution < 1.29 is 45.7 Å². The van der Waals surface area contributed by atoms with Crippen LogP contribution in [-0.2, 0) is 92.9 Å². The zero-order valence-electron chi connectivity index (χ0n) is 32.5. The van der Waals surface area contributed by atoms with E-state index in [9.17, 15) is 4.79 Å². The van der Waals surface area contributed by atoms with Gasteiger partial charge in [0.2, 0.25) is 22.8 Å². The molecule has 306 valence electrons. The molecule has 10 nitrogen and oxygen atoms in total. The van der Waals surface area contributed by atoms with Crippen LogP contribution in [0.4, 0.5) is 0 Å². The van der Waals surface area contributed by atoms with Crippen molar-refractivity contribution in [1.29, 1.82) is 0 Å². The molecule has 0 aromatic carbocycles. The van der Waals surface area contributed by atoms with Crippen LogP contribution in [0, 0.1) is 0 Å². The van der Waals surface area contributed by atoms with E-state index in [1.807, 2.05) is 90.0 Å². The Balaban J connectivity index is 6.00. The summed E-state index contributed by atoms with van der Waals surface area (Å²) in [5, 5.41) is 0. The van der Waals surface area contributed by atoms with Gasteiger partial charge in [-0.3, -0.25) is 4.79 Å². The Kier molecular flexibility index (Phi) is 28.7. The zero-order valence-corrected chi connectivity index (χ0v) is 42.6. The third-order valence-electron chi connectivity index (χ3n) is 4.89. The Morgan fingerprint density at radius 2 is 0.725 bits per heavy atom. The predicted molar refractivity (Wildman–Crippen MR) is 241 cm³/mol. The maximum Gasteiger partial charge on any atom is 0.306 e. The summed E-state index contributed by atoms with van der Waals surface area (Å²) in [6, 6.07) is 0. The van der Waals surface area contributed by atoms with Crippen LogP contribution in [0.1, 0.15) is 103 Å². The maximum atomic E-state index is 11.9. The molecule has 0 amide bonds. The highest BCUT2D eigenvalue weighted by Gasteiger charge is 2.33. The van der Waals surface area contributed by atoms with Gasteiger partial charge in [-0.1, -0.05) is 45.5 Å². The third-order valence-corrected chi connectivity index (χ3v) is 27.3. The van der Waals surface area contributed by atoms with E-state index in [4.69, 9.17) is 88.2 Å². The average molecular weight is 951 g/mol. The summed E-state index contributed by atoms with van der Waals surface area (Å²) in [4.78, 5) is 11.9. The molecule has 4 unspecified atom stereocenters. The summed E-state index contributed by atoms with van der Waals surface area (Å²) in [7, 11) is 0. The molecule has 4 atom stereocenters. The quantitative estimate of drug-likeness (QED) is 0.0504. The molecule has 0 saturated carbocycles. The van der Waals surface area contributed by atoms with Crippen LogP contribution < -0.4 is 0 Å². The van der Waals surface area contributed by atoms with Gasteiger partial charge in [-0.15, -0.1) is 0 Å². The highest BCUT2D eigenvalue weighted by molar-refractivity contribution is 8.69. The summed E-state index contributed by atoms with van der Waals surface area (Å²) in [6.07, 6.45) is -1.27. The van der Waals surface area contributed by atoms with Gasteiger partial charge in [-0.2, -0.15) is 0 Å². The molecule has 0 saturated heterocycles. The van der Waals surface area contributed by atoms with Crippen molar-refractivity contribution in [2.75, 3.05) is 29.6 Å². The molecule has 0 aliphatic rings. The molecule has 51 heavy (non-hydrogen) atoms. The minimum Gasteiger partial charge on any atom is -0.466 e. The first kappa shape index (κ1) is 54.2. The van der Waals surface area contributed by atoms with Gasteiger partial charge < -0.3 is 40.9 Å². The number of carbonyl (C=O) groups is 1. The fourth-order valence-electron chi connectivity index (χ4n) is 3.45. The maximum absolute atomic E-state index is 11.9. The standard InChI is InChI=1S/C29H62O10P4S8/c1-15-31-29(30)16-17-48-42(46,36-25(10)11)37-26(12)20-51-43(47,38-27(13)18-49-40(44,32-21(2)3)33-22(4)5)39-28(14)19-50-41(45,34-23(6)7)35-24(8)9/h21-28H,15-20H2,1-14H3. The number of hydrogen-bond donors (Lipinski definition) is 0. The lowest BCUT2D eigenvalue weighted by molar-refractivity contribution is -0.142. The highest BCUT2D eigenvalue weighted by Crippen LogP contribution is 2.68. The highest BCUT2D eigenvalue weighted by atomic mass is 32.9. The van der Waals surface area contributed by atoms with Crippen molar-refractivity contribution >= 4 is 121 Å². The topological polar surface area (TPSA) is 100 Å². The zero-order chi connectivity index (χ0) is 39.6. The number of ether oxygens (including phenoxy) is 1. The Morgan fingerprint density at radius 1 is 0.471 bits per heavy atom. The van der Waals surface area contributed by atoms with E-state index in [-0.39, 0.29) is 61.2 Å². The molecule has 0 rings (SSSR count). The molecule has 0 aliphatic carbocycles. The largest absolute Gasteiger partial charge is 0.466 e. The fourth-order valence-corrected chi connectivity index (χ4v) is 26.5. The number of carbonyl (C=O) groups excluding carboxylic acids is 1. The SMILES string of the molecule is CCOC(=O)CCSP(=S)(OC(C)C)OC(C)CSP(=S)(OC(C)CSP(=S)(OC(C)C)OC(C)C)OC(C)CSP(=S)(OC(C)C)OC(C)C. The fraction of sp³-hybridized carbons (Fsp3) is 0.966. The van der Waals surface area contributed by atoms with Gasteiger partial charge in [0, 0.05) is 23.0 Å². The number of hydrogen-bond acceptors (Lipinski definition) is 18. The number of rotatable bonds is 30. The van der Waals surface area contributed by atoms with Crippen molar-refractivity contribution in [3.05, 3.63) is 0 Å². The normalized spacial score (nSPS) is 17.2. The first-order valence-electron chi connectivity index (χ1n) is 16.9. The van der Waals surface area contributed by atoms with Crippen LogP contribution in [-0.4, -0.2) is 84.4 Å². The minimum absolute atomic E-state index is 0.0800. The van der Waals surface area contributed by atoms with Crippen molar-refractivity contribution in [2.24, 2.45) is 0 Å². The van der Waals surface area contributed by atoms with Crippen molar-refractivity contribution in [3.63, 3.8) is 0 Å². The number of esters is 1. The van der Waals surface area contributed by atoms with Crippen molar-refractivity contribution in [2.45, 2.75) is 152 Å². The van der Waals surface area contributed by atoms with Gasteiger partial charge >= 0.3 is 5.97 Å². The van der Waals surface area contributed by atoms with Crippen LogP contribution in [0.2, 0.25) is 0 Å². The van der Waals surface area contributed by atoms with Gasteiger partial charge in [0.05, 0.1) is 61.9 Å². The first-order valence-corrected chi connectivity index (χ1v) is 33.9. The van der Waals surface area contributed by atoms with Crippen LogP contribution in [0.3, 0.4) is 0 Å². The van der Waals surface area contributed by atoms with E-state index in [1.54, 1.807) is 6.92 Å². The molecular weight excluding hydrogens is 889 g/mol. The molecule has 0 N–H and O–H groups in total. The minimum atomic E-state index is -2.99. The van der Waals surface area contributed by atoms with Crippen LogP contribution in [0.15, 0.2) is 0 Å². The summed E-state index contributed by atoms with van der Waals surface area (Å²) >= 11 is 29.5. The Labute approximate surface area is 346 Å². The van der Waals surface area contributed by atoms with Gasteiger partial charge in [0.1, 0.15) is 0 Å². The molecule has 0 aromatic rings. The molecule has 0 heterocycles. The van der Waals surface area contributed by atoms with E-state index in [0.29, 0.717) is 29.6 Å². The van der Waals surface area contributed by atoms with E-state index in [0.717, 1.165) is 0 Å². The van der Waals surface area contributed by atoms with Crippen LogP contribution >= 0.6 is 68.3 Å². The van der Waals surface area contributed by atoms with Crippen molar-refractivity contribution in [3.8, 4) is 0 Å². The van der Waals surface area contributed by atoms with E-state index < -0.39 is 22.8 Å². The second-order valence-corrected chi connectivity index (χ2v) is 37.7. The molecule has 0 aromatic heterocycles. The predicted octanol–water partition coefficient (Wildman–Crippen LogP) is 12.1. The lowest BCUT2D eigenvalue weighted by atomic mass is 10.5. The van der Waals surface area contributed by atoms with Gasteiger partial charge in [0.25, 0.3) is 0 Å². The van der Waals surface area contributed by atoms with E-state index in [2.05, 4.69) is 0 Å². The summed E-state index contributed by atoms with van der Waals surface area (Å²) in [5.41, 5.74) is -11.0. The van der Waals surface area contributed by atoms with Gasteiger partial charge in [-0.25, -0.2) is 0 Å². The molecule has 22 heteroatoms. The smallest absolute Gasteiger partial charge is 0.306 e. The third kappa shape index (κ3) is 27.5.